The summed E-state index contributed by atoms with van der Waals surface area (Å²) in [6, 6.07) is 0. The molecule has 0 bridgehead atoms. The Morgan fingerprint density at radius 2 is 1.88 bits per heavy atom. The number of amides is 1. The van der Waals surface area contributed by atoms with Crippen molar-refractivity contribution in [2.24, 2.45) is 5.92 Å². The Bertz CT molecular complexity index is 602. The number of nitrogens with zero attached hydrogens (tertiary/aromatic N) is 4. The van der Waals surface area contributed by atoms with Gasteiger partial charge >= 0.3 is 5.97 Å². The predicted molar refractivity (Wildman–Crippen MR) is 97.3 cm³/mol. The van der Waals surface area contributed by atoms with Crippen molar-refractivity contribution in [3.8, 4) is 0 Å². The van der Waals surface area contributed by atoms with Gasteiger partial charge in [0, 0.05) is 37.3 Å². The Kier molecular flexibility index (Phi) is 6.66. The lowest BCUT2D eigenvalue weighted by atomic mass is 9.94. The molecular weight excluding hydrogens is 332 g/mol. The third-order valence-electron chi connectivity index (χ3n) is 5.47. The zero-order chi connectivity index (χ0) is 18.4. The van der Waals surface area contributed by atoms with E-state index in [4.69, 9.17) is 0 Å². The van der Waals surface area contributed by atoms with Crippen LogP contribution in [0.5, 0.6) is 0 Å². The van der Waals surface area contributed by atoms with Gasteiger partial charge in [-0.05, 0) is 45.2 Å². The predicted octanol–water partition coefficient (Wildman–Crippen LogP) is 1.67. The normalized spacial score (nSPS) is 19.5. The number of likely N-dealkylation sites (tertiary alicyclic amines) is 2. The van der Waals surface area contributed by atoms with Gasteiger partial charge in [0.05, 0.1) is 26.3 Å². The highest BCUT2D eigenvalue weighted by atomic mass is 16.5. The standard InChI is InChI=1S/C19H30N4O3/c1-26-18(24)7-12-23-15-16(13-20-23)14-21-10-5-17(6-11-21)19(25)22-8-3-2-4-9-22/h13,15,17H,2-12,14H2,1H3. The monoisotopic (exact) mass is 362 g/mol. The van der Waals surface area contributed by atoms with E-state index in [1.807, 2.05) is 12.4 Å². The molecule has 2 aliphatic rings. The van der Waals surface area contributed by atoms with Gasteiger partial charge in [-0.3, -0.25) is 19.2 Å². The van der Waals surface area contributed by atoms with Crippen molar-refractivity contribution in [1.29, 1.82) is 0 Å². The summed E-state index contributed by atoms with van der Waals surface area (Å²) in [5.74, 6) is 0.356. The second-order valence-electron chi connectivity index (χ2n) is 7.37. The van der Waals surface area contributed by atoms with Crippen LogP contribution in [0, 0.1) is 5.92 Å². The Morgan fingerprint density at radius 3 is 2.58 bits per heavy atom. The van der Waals surface area contributed by atoms with Gasteiger partial charge < -0.3 is 9.64 Å². The average Bonchev–Trinajstić information content (AvgIpc) is 3.14. The van der Waals surface area contributed by atoms with Crippen molar-refractivity contribution in [3.05, 3.63) is 18.0 Å². The zero-order valence-corrected chi connectivity index (χ0v) is 15.7. The fraction of sp³-hybridized carbons (Fsp3) is 0.737. The number of ether oxygens (including phenoxy) is 1. The molecule has 0 atom stereocenters. The molecule has 26 heavy (non-hydrogen) atoms. The lowest BCUT2D eigenvalue weighted by molar-refractivity contribution is -0.141. The van der Waals surface area contributed by atoms with E-state index in [0.29, 0.717) is 18.9 Å². The van der Waals surface area contributed by atoms with Crippen LogP contribution in [0.2, 0.25) is 0 Å². The molecule has 3 rings (SSSR count). The molecular formula is C19H30N4O3. The first-order valence-electron chi connectivity index (χ1n) is 9.75. The molecule has 0 radical (unpaired) electrons. The van der Waals surface area contributed by atoms with Crippen molar-refractivity contribution in [2.75, 3.05) is 33.3 Å². The maximum atomic E-state index is 12.6. The van der Waals surface area contributed by atoms with Crippen LogP contribution in [0.4, 0.5) is 0 Å². The van der Waals surface area contributed by atoms with Crippen LogP contribution >= 0.6 is 0 Å². The highest BCUT2D eigenvalue weighted by molar-refractivity contribution is 5.79. The first-order valence-corrected chi connectivity index (χ1v) is 9.75. The number of carbonyl (C=O) groups excluding carboxylic acids is 2. The first kappa shape index (κ1) is 18.9. The Labute approximate surface area is 155 Å². The van der Waals surface area contributed by atoms with E-state index in [1.54, 1.807) is 4.68 Å². The third-order valence-corrected chi connectivity index (χ3v) is 5.47. The van der Waals surface area contributed by atoms with Gasteiger partial charge in [0.2, 0.25) is 5.91 Å². The SMILES string of the molecule is COC(=O)CCn1cc(CN2CCC(C(=O)N3CCCCC3)CC2)cn1. The first-order chi connectivity index (χ1) is 12.7. The molecule has 2 aliphatic heterocycles. The van der Waals surface area contributed by atoms with E-state index < -0.39 is 0 Å². The molecule has 7 heteroatoms. The Morgan fingerprint density at radius 1 is 1.15 bits per heavy atom. The minimum absolute atomic E-state index is 0.201. The molecule has 1 amide bonds. The van der Waals surface area contributed by atoms with E-state index >= 15 is 0 Å². The molecule has 7 nitrogen and oxygen atoms in total. The van der Waals surface area contributed by atoms with Crippen LogP contribution in [-0.2, 0) is 27.4 Å². The van der Waals surface area contributed by atoms with Gasteiger partial charge in [0.1, 0.15) is 0 Å². The molecule has 0 saturated carbocycles. The topological polar surface area (TPSA) is 67.7 Å². The summed E-state index contributed by atoms with van der Waals surface area (Å²) in [4.78, 5) is 28.3. The van der Waals surface area contributed by atoms with E-state index in [-0.39, 0.29) is 11.9 Å². The van der Waals surface area contributed by atoms with Crippen molar-refractivity contribution < 1.29 is 14.3 Å². The lowest BCUT2D eigenvalue weighted by Crippen LogP contribution is -2.44. The number of aryl methyl sites for hydroxylation is 1. The summed E-state index contributed by atoms with van der Waals surface area (Å²) in [5, 5.41) is 4.31. The van der Waals surface area contributed by atoms with E-state index in [9.17, 15) is 9.59 Å². The van der Waals surface area contributed by atoms with Crippen LogP contribution in [-0.4, -0.2) is 64.7 Å². The molecule has 0 unspecified atom stereocenters. The third kappa shape index (κ3) is 5.06. The molecule has 144 valence electrons. The summed E-state index contributed by atoms with van der Waals surface area (Å²) in [5.41, 5.74) is 1.15. The van der Waals surface area contributed by atoms with Crippen LogP contribution < -0.4 is 0 Å². The number of rotatable bonds is 6. The Hall–Kier alpha value is -1.89. The molecule has 2 saturated heterocycles. The highest BCUT2D eigenvalue weighted by Crippen LogP contribution is 2.23. The largest absolute Gasteiger partial charge is 0.469 e. The summed E-state index contributed by atoms with van der Waals surface area (Å²) in [6.07, 6.45) is 9.67. The van der Waals surface area contributed by atoms with Crippen LogP contribution in [0.1, 0.15) is 44.1 Å². The van der Waals surface area contributed by atoms with E-state index in [0.717, 1.165) is 64.0 Å². The smallest absolute Gasteiger partial charge is 0.307 e. The zero-order valence-electron chi connectivity index (χ0n) is 15.7. The number of hydrogen-bond donors (Lipinski definition) is 0. The number of piperidine rings is 2. The lowest BCUT2D eigenvalue weighted by Gasteiger charge is -2.35. The fourth-order valence-corrected chi connectivity index (χ4v) is 3.89. The van der Waals surface area contributed by atoms with Crippen LogP contribution in [0.25, 0.3) is 0 Å². The molecule has 0 aliphatic carbocycles. The maximum absolute atomic E-state index is 12.6. The summed E-state index contributed by atoms with van der Waals surface area (Å²) < 4.78 is 6.44. The molecule has 0 N–H and O–H groups in total. The second kappa shape index (κ2) is 9.16. The van der Waals surface area contributed by atoms with Gasteiger partial charge in [0.25, 0.3) is 0 Å². The van der Waals surface area contributed by atoms with E-state index in [1.165, 1.54) is 13.5 Å². The number of aromatic nitrogens is 2. The number of methoxy groups -OCH3 is 1. The van der Waals surface area contributed by atoms with E-state index in [2.05, 4.69) is 19.6 Å². The van der Waals surface area contributed by atoms with Crippen LogP contribution in [0.15, 0.2) is 12.4 Å². The van der Waals surface area contributed by atoms with Crippen molar-refractivity contribution in [3.63, 3.8) is 0 Å². The average molecular weight is 362 g/mol. The van der Waals surface area contributed by atoms with Gasteiger partial charge in [-0.1, -0.05) is 0 Å². The minimum atomic E-state index is -0.220. The summed E-state index contributed by atoms with van der Waals surface area (Å²) >= 11 is 0. The van der Waals surface area contributed by atoms with Gasteiger partial charge in [0.15, 0.2) is 0 Å². The highest BCUT2D eigenvalue weighted by Gasteiger charge is 2.29. The maximum Gasteiger partial charge on any atom is 0.307 e. The van der Waals surface area contributed by atoms with Gasteiger partial charge in [-0.25, -0.2) is 0 Å². The fourth-order valence-electron chi connectivity index (χ4n) is 3.89. The number of hydrogen-bond acceptors (Lipinski definition) is 5. The number of carbonyl (C=O) groups is 2. The van der Waals surface area contributed by atoms with Crippen LogP contribution in [0.3, 0.4) is 0 Å². The van der Waals surface area contributed by atoms with Gasteiger partial charge in [-0.15, -0.1) is 0 Å². The molecule has 3 heterocycles. The molecule has 1 aromatic rings. The van der Waals surface area contributed by atoms with Crippen molar-refractivity contribution in [2.45, 2.75) is 51.6 Å². The van der Waals surface area contributed by atoms with Gasteiger partial charge in [-0.2, -0.15) is 5.10 Å². The number of esters is 1. The summed E-state index contributed by atoms with van der Waals surface area (Å²) in [7, 11) is 1.40. The molecule has 0 spiro atoms. The van der Waals surface area contributed by atoms with Crippen molar-refractivity contribution in [1.82, 2.24) is 19.6 Å². The Balaban J connectivity index is 1.42. The quantitative estimate of drug-likeness (QED) is 0.720. The molecule has 2 fully saturated rings. The summed E-state index contributed by atoms with van der Waals surface area (Å²) in [6.45, 7) is 5.20. The molecule has 1 aromatic heterocycles. The second-order valence-corrected chi connectivity index (χ2v) is 7.37. The molecule has 0 aromatic carbocycles. The van der Waals surface area contributed by atoms with Crippen molar-refractivity contribution >= 4 is 11.9 Å². The minimum Gasteiger partial charge on any atom is -0.469 e.